The SMILES string of the molecule is CN(CCC1CCNC1)c1ncc(C(C)(C)C)cn1. The van der Waals surface area contributed by atoms with Crippen LogP contribution >= 0.6 is 0 Å². The van der Waals surface area contributed by atoms with Crippen molar-refractivity contribution in [3.8, 4) is 0 Å². The van der Waals surface area contributed by atoms with Gasteiger partial charge in [-0.05, 0) is 42.8 Å². The van der Waals surface area contributed by atoms with Gasteiger partial charge >= 0.3 is 0 Å². The predicted molar refractivity (Wildman–Crippen MR) is 79.6 cm³/mol. The van der Waals surface area contributed by atoms with E-state index >= 15 is 0 Å². The van der Waals surface area contributed by atoms with Crippen LogP contribution in [0.15, 0.2) is 12.4 Å². The monoisotopic (exact) mass is 262 g/mol. The van der Waals surface area contributed by atoms with Crippen LogP contribution in [0, 0.1) is 5.92 Å². The van der Waals surface area contributed by atoms with Crippen LogP contribution in [-0.4, -0.2) is 36.6 Å². The maximum atomic E-state index is 4.49. The molecule has 4 nitrogen and oxygen atoms in total. The maximum absolute atomic E-state index is 4.49. The molecular formula is C15H26N4. The quantitative estimate of drug-likeness (QED) is 0.903. The van der Waals surface area contributed by atoms with Gasteiger partial charge in [-0.25, -0.2) is 9.97 Å². The van der Waals surface area contributed by atoms with Gasteiger partial charge in [0.25, 0.3) is 0 Å². The number of hydrogen-bond donors (Lipinski definition) is 1. The van der Waals surface area contributed by atoms with Crippen LogP contribution in [0.2, 0.25) is 0 Å². The van der Waals surface area contributed by atoms with Crippen molar-refractivity contribution >= 4 is 5.95 Å². The second kappa shape index (κ2) is 5.87. The molecule has 1 aliphatic rings. The van der Waals surface area contributed by atoms with Crippen molar-refractivity contribution in [2.45, 2.75) is 39.0 Å². The number of hydrogen-bond acceptors (Lipinski definition) is 4. The van der Waals surface area contributed by atoms with E-state index in [1.165, 1.54) is 24.9 Å². The molecule has 106 valence electrons. The zero-order valence-electron chi connectivity index (χ0n) is 12.6. The van der Waals surface area contributed by atoms with Crippen LogP contribution in [0.5, 0.6) is 0 Å². The minimum atomic E-state index is 0.118. The van der Waals surface area contributed by atoms with Crippen LogP contribution in [0.3, 0.4) is 0 Å². The fourth-order valence-corrected chi connectivity index (χ4v) is 2.34. The Morgan fingerprint density at radius 1 is 1.32 bits per heavy atom. The summed E-state index contributed by atoms with van der Waals surface area (Å²) in [7, 11) is 2.08. The molecule has 0 bridgehead atoms. The molecule has 0 spiro atoms. The van der Waals surface area contributed by atoms with E-state index in [0.29, 0.717) is 0 Å². The number of nitrogens with one attached hydrogen (secondary N) is 1. The van der Waals surface area contributed by atoms with Crippen molar-refractivity contribution in [1.29, 1.82) is 0 Å². The van der Waals surface area contributed by atoms with Crippen molar-refractivity contribution in [2.24, 2.45) is 5.92 Å². The predicted octanol–water partition coefficient (Wildman–Crippen LogP) is 2.21. The third kappa shape index (κ3) is 3.90. The lowest BCUT2D eigenvalue weighted by Gasteiger charge is -2.21. The van der Waals surface area contributed by atoms with Crippen LogP contribution in [-0.2, 0) is 5.41 Å². The fraction of sp³-hybridized carbons (Fsp3) is 0.733. The fourth-order valence-electron chi connectivity index (χ4n) is 2.34. The molecule has 1 unspecified atom stereocenters. The Bertz CT molecular complexity index is 388. The lowest BCUT2D eigenvalue weighted by atomic mass is 9.89. The molecule has 0 aliphatic carbocycles. The Hall–Kier alpha value is -1.16. The largest absolute Gasteiger partial charge is 0.344 e. The first-order valence-corrected chi connectivity index (χ1v) is 7.21. The molecule has 2 rings (SSSR count). The van der Waals surface area contributed by atoms with Crippen LogP contribution in [0.4, 0.5) is 5.95 Å². The molecule has 1 aromatic rings. The first-order chi connectivity index (χ1) is 8.97. The molecule has 1 aliphatic heterocycles. The molecule has 4 heteroatoms. The van der Waals surface area contributed by atoms with Gasteiger partial charge in [0.15, 0.2) is 0 Å². The summed E-state index contributed by atoms with van der Waals surface area (Å²) >= 11 is 0. The van der Waals surface area contributed by atoms with Gasteiger partial charge in [-0.15, -0.1) is 0 Å². The summed E-state index contributed by atoms with van der Waals surface area (Å²) in [6.07, 6.45) is 6.43. The van der Waals surface area contributed by atoms with Gasteiger partial charge in [0.2, 0.25) is 5.95 Å². The van der Waals surface area contributed by atoms with E-state index in [4.69, 9.17) is 0 Å². The topological polar surface area (TPSA) is 41.0 Å². The number of anilines is 1. The normalized spacial score (nSPS) is 19.7. The smallest absolute Gasteiger partial charge is 0.224 e. The van der Waals surface area contributed by atoms with E-state index in [2.05, 4.69) is 48.0 Å². The average Bonchev–Trinajstić information content (AvgIpc) is 2.88. The summed E-state index contributed by atoms with van der Waals surface area (Å²) in [6.45, 7) is 9.91. The first kappa shape index (κ1) is 14.3. The van der Waals surface area contributed by atoms with Gasteiger partial charge in [-0.2, -0.15) is 0 Å². The minimum absolute atomic E-state index is 0.118. The molecule has 1 atom stereocenters. The number of nitrogens with zero attached hydrogens (tertiary/aromatic N) is 3. The summed E-state index contributed by atoms with van der Waals surface area (Å²) < 4.78 is 0. The Morgan fingerprint density at radius 3 is 2.53 bits per heavy atom. The van der Waals surface area contributed by atoms with Gasteiger partial charge in [-0.1, -0.05) is 20.8 Å². The first-order valence-electron chi connectivity index (χ1n) is 7.21. The van der Waals surface area contributed by atoms with Crippen molar-refractivity contribution in [3.63, 3.8) is 0 Å². The average molecular weight is 262 g/mol. The third-order valence-electron chi connectivity index (χ3n) is 3.88. The Kier molecular flexibility index (Phi) is 4.40. The zero-order chi connectivity index (χ0) is 13.9. The molecule has 1 aromatic heterocycles. The van der Waals surface area contributed by atoms with Gasteiger partial charge in [-0.3, -0.25) is 0 Å². The Morgan fingerprint density at radius 2 is 2.00 bits per heavy atom. The summed E-state index contributed by atoms with van der Waals surface area (Å²) in [5.74, 6) is 1.65. The molecule has 0 aromatic carbocycles. The van der Waals surface area contributed by atoms with E-state index < -0.39 is 0 Å². The molecule has 0 saturated carbocycles. The second-order valence-corrected chi connectivity index (χ2v) is 6.59. The van der Waals surface area contributed by atoms with Crippen molar-refractivity contribution < 1.29 is 0 Å². The molecule has 0 amide bonds. The molecule has 19 heavy (non-hydrogen) atoms. The Balaban J connectivity index is 1.89. The zero-order valence-corrected chi connectivity index (χ0v) is 12.6. The summed E-state index contributed by atoms with van der Waals surface area (Å²) in [5.41, 5.74) is 1.30. The highest BCUT2D eigenvalue weighted by Gasteiger charge is 2.17. The molecule has 2 heterocycles. The van der Waals surface area contributed by atoms with Gasteiger partial charge in [0.1, 0.15) is 0 Å². The van der Waals surface area contributed by atoms with Crippen molar-refractivity contribution in [2.75, 3.05) is 31.6 Å². The Labute approximate surface area is 116 Å². The number of rotatable bonds is 4. The molecule has 0 radical (unpaired) electrons. The second-order valence-electron chi connectivity index (χ2n) is 6.59. The van der Waals surface area contributed by atoms with E-state index in [1.54, 1.807) is 0 Å². The highest BCUT2D eigenvalue weighted by molar-refractivity contribution is 5.29. The van der Waals surface area contributed by atoms with Gasteiger partial charge < -0.3 is 10.2 Å². The summed E-state index contributed by atoms with van der Waals surface area (Å²) in [6, 6.07) is 0. The highest BCUT2D eigenvalue weighted by Crippen LogP contribution is 2.21. The lowest BCUT2D eigenvalue weighted by molar-refractivity contribution is 0.531. The van der Waals surface area contributed by atoms with Gasteiger partial charge in [0, 0.05) is 26.0 Å². The van der Waals surface area contributed by atoms with Crippen molar-refractivity contribution in [3.05, 3.63) is 18.0 Å². The molecule has 1 saturated heterocycles. The van der Waals surface area contributed by atoms with Crippen LogP contribution in [0.25, 0.3) is 0 Å². The van der Waals surface area contributed by atoms with Crippen LogP contribution < -0.4 is 10.2 Å². The molecule has 1 N–H and O–H groups in total. The molecule has 1 fully saturated rings. The standard InChI is InChI=1S/C15H26N4/c1-15(2,3)13-10-17-14(18-11-13)19(4)8-6-12-5-7-16-9-12/h10-12,16H,5-9H2,1-4H3. The third-order valence-corrected chi connectivity index (χ3v) is 3.88. The minimum Gasteiger partial charge on any atom is -0.344 e. The van der Waals surface area contributed by atoms with E-state index in [1.807, 2.05) is 12.4 Å². The van der Waals surface area contributed by atoms with Crippen LogP contribution in [0.1, 0.15) is 39.2 Å². The van der Waals surface area contributed by atoms with Gasteiger partial charge in [0.05, 0.1) is 0 Å². The highest BCUT2D eigenvalue weighted by atomic mass is 15.2. The summed E-state index contributed by atoms with van der Waals surface area (Å²) in [4.78, 5) is 11.1. The van der Waals surface area contributed by atoms with Crippen molar-refractivity contribution in [1.82, 2.24) is 15.3 Å². The maximum Gasteiger partial charge on any atom is 0.224 e. The lowest BCUT2D eigenvalue weighted by Crippen LogP contribution is -2.24. The number of aromatic nitrogens is 2. The molecular weight excluding hydrogens is 236 g/mol. The summed E-state index contributed by atoms with van der Waals surface area (Å²) in [5, 5.41) is 3.41. The van der Waals surface area contributed by atoms with E-state index in [9.17, 15) is 0 Å². The van der Waals surface area contributed by atoms with E-state index in [0.717, 1.165) is 25.0 Å². The van der Waals surface area contributed by atoms with E-state index in [-0.39, 0.29) is 5.41 Å².